The van der Waals surface area contributed by atoms with E-state index in [0.717, 1.165) is 25.4 Å². The molecule has 0 amide bonds. The third-order valence-corrected chi connectivity index (χ3v) is 3.53. The van der Waals surface area contributed by atoms with Crippen molar-refractivity contribution in [2.75, 3.05) is 39.5 Å². The first-order valence-electron chi connectivity index (χ1n) is 7.76. The maximum Gasteiger partial charge on any atom is 0.119 e. The van der Waals surface area contributed by atoms with Gasteiger partial charge >= 0.3 is 0 Å². The van der Waals surface area contributed by atoms with Crippen LogP contribution >= 0.6 is 0 Å². The van der Waals surface area contributed by atoms with Gasteiger partial charge in [0.25, 0.3) is 0 Å². The van der Waals surface area contributed by atoms with Crippen molar-refractivity contribution in [3.63, 3.8) is 0 Å². The molecule has 1 heterocycles. The van der Waals surface area contributed by atoms with E-state index in [1.165, 1.54) is 0 Å². The number of hydrogen-bond donors (Lipinski definition) is 0. The normalized spacial score (nSPS) is 22.2. The van der Waals surface area contributed by atoms with Crippen LogP contribution in [0.25, 0.3) is 0 Å². The zero-order valence-corrected chi connectivity index (χ0v) is 13.3. The Morgan fingerprint density at radius 1 is 1.14 bits per heavy atom. The standard InChI is InChI=1S/C17H24N2O3/c1-14-12-19(13-15(2)22-14)7-8-20-9-10-21-17-5-3-16(11-18)4-6-17/h3-6,14-15H,7-10,12-13H2,1-2H3/t14-,15-/m1/s1. The van der Waals surface area contributed by atoms with Gasteiger partial charge in [0.1, 0.15) is 12.4 Å². The van der Waals surface area contributed by atoms with Crippen molar-refractivity contribution in [2.45, 2.75) is 26.1 Å². The summed E-state index contributed by atoms with van der Waals surface area (Å²) in [5.74, 6) is 0.762. The van der Waals surface area contributed by atoms with Crippen LogP contribution in [0, 0.1) is 11.3 Å². The van der Waals surface area contributed by atoms with Crippen LogP contribution in [0.15, 0.2) is 24.3 Å². The molecule has 1 aliphatic heterocycles. The van der Waals surface area contributed by atoms with E-state index in [2.05, 4.69) is 24.8 Å². The molecule has 120 valence electrons. The molecule has 1 fully saturated rings. The molecule has 0 N–H and O–H groups in total. The second-order valence-corrected chi connectivity index (χ2v) is 5.61. The molecule has 0 bridgehead atoms. The zero-order valence-electron chi connectivity index (χ0n) is 13.3. The smallest absolute Gasteiger partial charge is 0.119 e. The van der Waals surface area contributed by atoms with Gasteiger partial charge in [0.05, 0.1) is 37.1 Å². The molecule has 1 aromatic carbocycles. The fourth-order valence-electron chi connectivity index (χ4n) is 2.61. The van der Waals surface area contributed by atoms with E-state index in [0.29, 0.717) is 37.6 Å². The van der Waals surface area contributed by atoms with Gasteiger partial charge in [-0.05, 0) is 38.1 Å². The van der Waals surface area contributed by atoms with Gasteiger partial charge in [0.15, 0.2) is 0 Å². The number of morpholine rings is 1. The lowest BCUT2D eigenvalue weighted by atomic mass is 10.2. The van der Waals surface area contributed by atoms with Crippen LogP contribution in [-0.4, -0.2) is 56.6 Å². The molecule has 22 heavy (non-hydrogen) atoms. The maximum atomic E-state index is 8.72. The molecule has 5 heteroatoms. The summed E-state index contributed by atoms with van der Waals surface area (Å²) < 4.78 is 16.9. The Morgan fingerprint density at radius 2 is 1.82 bits per heavy atom. The number of rotatable bonds is 7. The molecule has 1 aliphatic rings. The third-order valence-electron chi connectivity index (χ3n) is 3.53. The highest BCUT2D eigenvalue weighted by atomic mass is 16.5. The second-order valence-electron chi connectivity index (χ2n) is 5.61. The highest BCUT2D eigenvalue weighted by Crippen LogP contribution is 2.11. The summed E-state index contributed by atoms with van der Waals surface area (Å²) in [5.41, 5.74) is 0.637. The monoisotopic (exact) mass is 304 g/mol. The van der Waals surface area contributed by atoms with Crippen LogP contribution in [0.2, 0.25) is 0 Å². The van der Waals surface area contributed by atoms with Crippen LogP contribution in [-0.2, 0) is 9.47 Å². The molecule has 2 rings (SSSR count). The number of nitrogens with zero attached hydrogens (tertiary/aromatic N) is 2. The van der Waals surface area contributed by atoms with Crippen LogP contribution in [0.1, 0.15) is 19.4 Å². The average molecular weight is 304 g/mol. The minimum absolute atomic E-state index is 0.295. The molecule has 1 saturated heterocycles. The molecule has 0 saturated carbocycles. The summed E-state index contributed by atoms with van der Waals surface area (Å²) in [6, 6.07) is 9.18. The van der Waals surface area contributed by atoms with Gasteiger partial charge in [-0.1, -0.05) is 0 Å². The molecule has 2 atom stereocenters. The maximum absolute atomic E-state index is 8.72. The quantitative estimate of drug-likeness (QED) is 0.722. The molecule has 0 spiro atoms. The van der Waals surface area contributed by atoms with Gasteiger partial charge in [0, 0.05) is 19.6 Å². The molecule has 5 nitrogen and oxygen atoms in total. The summed E-state index contributed by atoms with van der Waals surface area (Å²) in [6.45, 7) is 8.86. The number of nitriles is 1. The van der Waals surface area contributed by atoms with E-state index in [1.807, 2.05) is 0 Å². The van der Waals surface area contributed by atoms with Gasteiger partial charge in [-0.15, -0.1) is 0 Å². The number of benzene rings is 1. The third kappa shape index (κ3) is 5.64. The highest BCUT2D eigenvalue weighted by molar-refractivity contribution is 5.34. The van der Waals surface area contributed by atoms with Crippen molar-refractivity contribution in [3.05, 3.63) is 29.8 Å². The minimum atomic E-state index is 0.295. The van der Waals surface area contributed by atoms with Crippen molar-refractivity contribution < 1.29 is 14.2 Å². The zero-order chi connectivity index (χ0) is 15.8. The van der Waals surface area contributed by atoms with Crippen molar-refractivity contribution in [1.82, 2.24) is 4.90 Å². The molecule has 0 aliphatic carbocycles. The largest absolute Gasteiger partial charge is 0.491 e. The van der Waals surface area contributed by atoms with Crippen LogP contribution in [0.5, 0.6) is 5.75 Å². The van der Waals surface area contributed by atoms with E-state index in [-0.39, 0.29) is 0 Å². The fraction of sp³-hybridized carbons (Fsp3) is 0.588. The first-order chi connectivity index (χ1) is 10.7. The van der Waals surface area contributed by atoms with Crippen molar-refractivity contribution in [3.8, 4) is 11.8 Å². The molecular weight excluding hydrogens is 280 g/mol. The van der Waals surface area contributed by atoms with E-state index in [9.17, 15) is 0 Å². The topological polar surface area (TPSA) is 54.7 Å². The predicted molar refractivity (Wildman–Crippen MR) is 83.9 cm³/mol. The number of ether oxygens (including phenoxy) is 3. The lowest BCUT2D eigenvalue weighted by Gasteiger charge is -2.35. The summed E-state index contributed by atoms with van der Waals surface area (Å²) in [6.07, 6.45) is 0.590. The molecule has 0 radical (unpaired) electrons. The summed E-state index contributed by atoms with van der Waals surface area (Å²) >= 11 is 0. The summed E-state index contributed by atoms with van der Waals surface area (Å²) in [7, 11) is 0. The highest BCUT2D eigenvalue weighted by Gasteiger charge is 2.21. The van der Waals surface area contributed by atoms with E-state index >= 15 is 0 Å². The lowest BCUT2D eigenvalue weighted by Crippen LogP contribution is -2.46. The van der Waals surface area contributed by atoms with Gasteiger partial charge in [-0.3, -0.25) is 4.90 Å². The average Bonchev–Trinajstić information content (AvgIpc) is 2.50. The minimum Gasteiger partial charge on any atom is -0.491 e. The second kappa shape index (κ2) is 8.74. The van der Waals surface area contributed by atoms with E-state index < -0.39 is 0 Å². The van der Waals surface area contributed by atoms with Crippen LogP contribution in [0.3, 0.4) is 0 Å². The fourth-order valence-corrected chi connectivity index (χ4v) is 2.61. The molecule has 0 aromatic heterocycles. The summed E-state index contributed by atoms with van der Waals surface area (Å²) in [5, 5.41) is 8.72. The van der Waals surface area contributed by atoms with Gasteiger partial charge < -0.3 is 14.2 Å². The Balaban J connectivity index is 1.54. The van der Waals surface area contributed by atoms with Crippen molar-refractivity contribution in [2.24, 2.45) is 0 Å². The van der Waals surface area contributed by atoms with Crippen molar-refractivity contribution in [1.29, 1.82) is 5.26 Å². The van der Waals surface area contributed by atoms with Gasteiger partial charge in [-0.25, -0.2) is 0 Å². The Hall–Kier alpha value is -1.61. The van der Waals surface area contributed by atoms with Crippen LogP contribution < -0.4 is 4.74 Å². The van der Waals surface area contributed by atoms with E-state index in [4.69, 9.17) is 19.5 Å². The van der Waals surface area contributed by atoms with Gasteiger partial charge in [0.2, 0.25) is 0 Å². The first-order valence-corrected chi connectivity index (χ1v) is 7.76. The molecule has 0 unspecified atom stereocenters. The SMILES string of the molecule is C[C@@H]1CN(CCOCCOc2ccc(C#N)cc2)C[C@@H](C)O1. The van der Waals surface area contributed by atoms with Crippen molar-refractivity contribution >= 4 is 0 Å². The Labute approximate surface area is 132 Å². The Morgan fingerprint density at radius 3 is 2.45 bits per heavy atom. The Bertz CT molecular complexity index is 474. The lowest BCUT2D eigenvalue weighted by molar-refractivity contribution is -0.0734. The summed E-state index contributed by atoms with van der Waals surface area (Å²) in [4.78, 5) is 2.38. The van der Waals surface area contributed by atoms with Gasteiger partial charge in [-0.2, -0.15) is 5.26 Å². The molecular formula is C17H24N2O3. The molecule has 1 aromatic rings. The first kappa shape index (κ1) is 16.8. The number of hydrogen-bond acceptors (Lipinski definition) is 5. The van der Waals surface area contributed by atoms with E-state index in [1.54, 1.807) is 24.3 Å². The van der Waals surface area contributed by atoms with Crippen LogP contribution in [0.4, 0.5) is 0 Å². The predicted octanol–water partition coefficient (Wildman–Crippen LogP) is 2.06. The Kier molecular flexibility index (Phi) is 6.66.